The van der Waals surface area contributed by atoms with Crippen LogP contribution >= 0.6 is 0 Å². The second kappa shape index (κ2) is 9.13. The highest BCUT2D eigenvalue weighted by Crippen LogP contribution is 2.36. The molecule has 148 valence electrons. The molecule has 0 saturated carbocycles. The number of hydrogen-bond donors (Lipinski definition) is 1. The molecule has 0 fully saturated rings. The van der Waals surface area contributed by atoms with Gasteiger partial charge >= 0.3 is 6.11 Å². The molecule has 0 aliphatic heterocycles. The van der Waals surface area contributed by atoms with E-state index in [0.29, 0.717) is 43.0 Å². The predicted octanol–water partition coefficient (Wildman–Crippen LogP) is 5.04. The first kappa shape index (κ1) is 21.1. The first-order valence-corrected chi connectivity index (χ1v) is 9.32. The number of nitrogens with two attached hydrogens (primary N) is 1. The van der Waals surface area contributed by atoms with Gasteiger partial charge in [0.2, 0.25) is 0 Å². The second-order valence-electron chi connectivity index (χ2n) is 6.55. The molecule has 2 aromatic rings. The summed E-state index contributed by atoms with van der Waals surface area (Å²) in [7, 11) is 0. The van der Waals surface area contributed by atoms with Crippen LogP contribution < -0.4 is 15.2 Å². The van der Waals surface area contributed by atoms with Gasteiger partial charge in [-0.25, -0.2) is 4.98 Å². The van der Waals surface area contributed by atoms with Gasteiger partial charge in [0, 0.05) is 17.7 Å². The van der Waals surface area contributed by atoms with E-state index in [2.05, 4.69) is 0 Å². The zero-order chi connectivity index (χ0) is 20.0. The minimum atomic E-state index is -3.17. The van der Waals surface area contributed by atoms with Crippen molar-refractivity contribution in [3.8, 4) is 22.8 Å². The molecular weight excluding hydrogens is 350 g/mol. The lowest BCUT2D eigenvalue weighted by molar-refractivity contribution is -0.180. The highest BCUT2D eigenvalue weighted by atomic mass is 19.3. The van der Waals surface area contributed by atoms with Gasteiger partial charge in [-0.2, -0.15) is 8.78 Å². The van der Waals surface area contributed by atoms with Gasteiger partial charge in [-0.15, -0.1) is 0 Å². The molecule has 2 rings (SSSR count). The number of rotatable bonds is 9. The molecule has 0 saturated heterocycles. The van der Waals surface area contributed by atoms with E-state index in [1.165, 1.54) is 0 Å². The van der Waals surface area contributed by atoms with Crippen molar-refractivity contribution in [1.82, 2.24) is 4.98 Å². The van der Waals surface area contributed by atoms with E-state index in [9.17, 15) is 8.78 Å². The molecule has 0 aliphatic rings. The van der Waals surface area contributed by atoms with E-state index in [1.807, 2.05) is 19.9 Å². The van der Waals surface area contributed by atoms with Crippen LogP contribution in [0, 0.1) is 13.8 Å². The Morgan fingerprint density at radius 3 is 2.44 bits per heavy atom. The number of benzene rings is 1. The number of hydrogen-bond acceptors (Lipinski definition) is 4. The monoisotopic (exact) mass is 378 g/mol. The van der Waals surface area contributed by atoms with Crippen molar-refractivity contribution in [2.45, 2.75) is 53.1 Å². The first-order chi connectivity index (χ1) is 12.8. The van der Waals surface area contributed by atoms with Crippen molar-refractivity contribution in [2.75, 3.05) is 13.2 Å². The van der Waals surface area contributed by atoms with E-state index in [-0.39, 0.29) is 12.2 Å². The third-order valence-corrected chi connectivity index (χ3v) is 4.15. The summed E-state index contributed by atoms with van der Waals surface area (Å²) >= 11 is 0. The highest BCUT2D eigenvalue weighted by molar-refractivity contribution is 5.70. The van der Waals surface area contributed by atoms with Gasteiger partial charge in [-0.05, 0) is 69.1 Å². The minimum Gasteiger partial charge on any atom is -0.491 e. The maximum Gasteiger partial charge on any atom is 0.397 e. The molecule has 0 aliphatic carbocycles. The lowest BCUT2D eigenvalue weighted by atomic mass is 10.0. The van der Waals surface area contributed by atoms with Crippen molar-refractivity contribution >= 4 is 0 Å². The minimum absolute atomic E-state index is 0.171. The molecule has 1 aromatic heterocycles. The van der Waals surface area contributed by atoms with Gasteiger partial charge in [-0.3, -0.25) is 0 Å². The molecule has 1 heterocycles. The Labute approximate surface area is 159 Å². The van der Waals surface area contributed by atoms with Crippen LogP contribution in [0.1, 0.15) is 43.5 Å². The average molecular weight is 378 g/mol. The molecule has 0 bridgehead atoms. The zero-order valence-corrected chi connectivity index (χ0v) is 16.4. The Hall–Kier alpha value is -2.21. The average Bonchev–Trinajstić information content (AvgIpc) is 2.59. The molecule has 0 radical (unpaired) electrons. The Morgan fingerprint density at radius 1 is 1.11 bits per heavy atom. The first-order valence-electron chi connectivity index (χ1n) is 9.32. The maximum absolute atomic E-state index is 13.8. The summed E-state index contributed by atoms with van der Waals surface area (Å²) in [5, 5.41) is 0. The standard InChI is InChI=1S/C21H28F2N2O2/c1-5-10-21(22,23)27-18-8-7-16(12-14(18)3)19-20(26-6-2)15(4)13-17(25-19)9-11-24/h7-8,12-13H,5-6,9-11,24H2,1-4H3. The third-order valence-electron chi connectivity index (χ3n) is 4.15. The highest BCUT2D eigenvalue weighted by Gasteiger charge is 2.30. The number of ether oxygens (including phenoxy) is 2. The van der Waals surface area contributed by atoms with Gasteiger partial charge < -0.3 is 15.2 Å². The van der Waals surface area contributed by atoms with E-state index in [4.69, 9.17) is 20.2 Å². The predicted molar refractivity (Wildman–Crippen MR) is 104 cm³/mol. The summed E-state index contributed by atoms with van der Waals surface area (Å²) < 4.78 is 38.3. The molecule has 0 atom stereocenters. The molecule has 0 amide bonds. The van der Waals surface area contributed by atoms with Crippen LogP contribution in [0.25, 0.3) is 11.3 Å². The number of alkyl halides is 2. The largest absolute Gasteiger partial charge is 0.491 e. The molecule has 0 spiro atoms. The normalized spacial score (nSPS) is 11.5. The smallest absolute Gasteiger partial charge is 0.397 e. The second-order valence-corrected chi connectivity index (χ2v) is 6.55. The van der Waals surface area contributed by atoms with Crippen LogP contribution in [0.2, 0.25) is 0 Å². The summed E-state index contributed by atoms with van der Waals surface area (Å²) in [4.78, 5) is 4.69. The fourth-order valence-electron chi connectivity index (χ4n) is 2.94. The lowest BCUT2D eigenvalue weighted by Crippen LogP contribution is -2.24. The van der Waals surface area contributed by atoms with E-state index in [1.54, 1.807) is 32.0 Å². The van der Waals surface area contributed by atoms with Crippen molar-refractivity contribution < 1.29 is 18.3 Å². The van der Waals surface area contributed by atoms with Gasteiger partial charge in [0.1, 0.15) is 17.2 Å². The van der Waals surface area contributed by atoms with Gasteiger partial charge in [0.25, 0.3) is 0 Å². The molecule has 6 heteroatoms. The molecular formula is C21H28F2N2O2. The van der Waals surface area contributed by atoms with Crippen LogP contribution in [0.5, 0.6) is 11.5 Å². The lowest BCUT2D eigenvalue weighted by Gasteiger charge is -2.20. The number of aryl methyl sites for hydroxylation is 2. The Bertz CT molecular complexity index is 779. The maximum atomic E-state index is 13.8. The number of halogens is 2. The van der Waals surface area contributed by atoms with E-state index < -0.39 is 6.11 Å². The number of nitrogens with zero attached hydrogens (tertiary/aromatic N) is 1. The molecule has 1 aromatic carbocycles. The van der Waals surface area contributed by atoms with Crippen molar-refractivity contribution in [1.29, 1.82) is 0 Å². The fourth-order valence-corrected chi connectivity index (χ4v) is 2.94. The number of aromatic nitrogens is 1. The van der Waals surface area contributed by atoms with E-state index >= 15 is 0 Å². The molecule has 0 unspecified atom stereocenters. The summed E-state index contributed by atoms with van der Waals surface area (Å²) in [6.45, 7) is 8.33. The van der Waals surface area contributed by atoms with Gasteiger partial charge in [-0.1, -0.05) is 6.92 Å². The van der Waals surface area contributed by atoms with Crippen LogP contribution in [0.15, 0.2) is 24.3 Å². The Balaban J connectivity index is 2.44. The Morgan fingerprint density at radius 2 is 1.85 bits per heavy atom. The summed E-state index contributed by atoms with van der Waals surface area (Å²) in [5.74, 6) is 0.868. The topological polar surface area (TPSA) is 57.4 Å². The zero-order valence-electron chi connectivity index (χ0n) is 16.4. The van der Waals surface area contributed by atoms with Crippen LogP contribution in [0.4, 0.5) is 8.78 Å². The summed E-state index contributed by atoms with van der Waals surface area (Å²) in [6.07, 6.45) is -2.49. The van der Waals surface area contributed by atoms with Gasteiger partial charge in [0.15, 0.2) is 0 Å². The fraction of sp³-hybridized carbons (Fsp3) is 0.476. The molecule has 4 nitrogen and oxygen atoms in total. The summed E-state index contributed by atoms with van der Waals surface area (Å²) in [5.41, 5.74) is 9.62. The van der Waals surface area contributed by atoms with Crippen molar-refractivity contribution in [3.05, 3.63) is 41.1 Å². The van der Waals surface area contributed by atoms with Gasteiger partial charge in [0.05, 0.1) is 13.0 Å². The summed E-state index contributed by atoms with van der Waals surface area (Å²) in [6, 6.07) is 7.07. The quantitative estimate of drug-likeness (QED) is 0.664. The Kier molecular flexibility index (Phi) is 7.13. The SMILES string of the molecule is CCCC(F)(F)Oc1ccc(-c2nc(CCN)cc(C)c2OCC)cc1C. The molecule has 27 heavy (non-hydrogen) atoms. The molecule has 2 N–H and O–H groups in total. The van der Waals surface area contributed by atoms with Crippen LogP contribution in [-0.4, -0.2) is 24.2 Å². The van der Waals surface area contributed by atoms with Crippen molar-refractivity contribution in [2.24, 2.45) is 5.73 Å². The van der Waals surface area contributed by atoms with Crippen LogP contribution in [0.3, 0.4) is 0 Å². The van der Waals surface area contributed by atoms with Crippen LogP contribution in [-0.2, 0) is 6.42 Å². The van der Waals surface area contributed by atoms with E-state index in [0.717, 1.165) is 16.8 Å². The van der Waals surface area contributed by atoms with Crippen molar-refractivity contribution in [3.63, 3.8) is 0 Å². The number of pyridine rings is 1. The third kappa shape index (κ3) is 5.39.